The largest absolute Gasteiger partial charge is 0.459 e. The Morgan fingerprint density at radius 3 is 2.50 bits per heavy atom. The summed E-state index contributed by atoms with van der Waals surface area (Å²) in [7, 11) is 0. The first-order chi connectivity index (χ1) is 11.7. The molecule has 0 aliphatic carbocycles. The van der Waals surface area contributed by atoms with Gasteiger partial charge in [0.1, 0.15) is 6.54 Å². The summed E-state index contributed by atoms with van der Waals surface area (Å²) in [5.74, 6) is -0.00644. The zero-order valence-corrected chi connectivity index (χ0v) is 13.0. The summed E-state index contributed by atoms with van der Waals surface area (Å²) in [5, 5.41) is 2.79. The van der Waals surface area contributed by atoms with Gasteiger partial charge in [-0.25, -0.2) is 0 Å². The van der Waals surface area contributed by atoms with Gasteiger partial charge in [-0.1, -0.05) is 36.4 Å². The maximum Gasteiger partial charge on any atom is 0.287 e. The lowest BCUT2D eigenvalue weighted by Crippen LogP contribution is -2.43. The van der Waals surface area contributed by atoms with Gasteiger partial charge in [-0.15, -0.1) is 0 Å². The molecular formula is C19H17N2O3+. The molecule has 5 nitrogen and oxygen atoms in total. The number of rotatable bonds is 6. The Bertz CT molecular complexity index is 827. The fourth-order valence-corrected chi connectivity index (χ4v) is 2.36. The second-order valence-corrected chi connectivity index (χ2v) is 5.27. The third-order valence-electron chi connectivity index (χ3n) is 3.62. The number of pyridine rings is 1. The first-order valence-corrected chi connectivity index (χ1v) is 7.61. The van der Waals surface area contributed by atoms with E-state index in [9.17, 15) is 9.59 Å². The highest BCUT2D eigenvalue weighted by Gasteiger charge is 2.17. The lowest BCUT2D eigenvalue weighted by Gasteiger charge is -2.05. The van der Waals surface area contributed by atoms with Crippen LogP contribution in [-0.4, -0.2) is 11.7 Å². The van der Waals surface area contributed by atoms with E-state index in [1.165, 1.54) is 6.26 Å². The molecule has 3 aromatic rings. The third kappa shape index (κ3) is 3.76. The molecule has 0 unspecified atom stereocenters. The van der Waals surface area contributed by atoms with Crippen molar-refractivity contribution in [3.05, 3.63) is 90.1 Å². The minimum absolute atomic E-state index is 0.0189. The van der Waals surface area contributed by atoms with Crippen molar-refractivity contribution in [1.29, 1.82) is 0 Å². The average molecular weight is 321 g/mol. The summed E-state index contributed by atoms with van der Waals surface area (Å²) in [5.41, 5.74) is 1.50. The van der Waals surface area contributed by atoms with Crippen LogP contribution in [0.1, 0.15) is 26.6 Å². The average Bonchev–Trinajstić information content (AvgIpc) is 3.16. The van der Waals surface area contributed by atoms with Crippen molar-refractivity contribution >= 4 is 11.7 Å². The first kappa shape index (κ1) is 15.7. The number of amides is 1. The summed E-state index contributed by atoms with van der Waals surface area (Å²) in [6.45, 7) is 0.527. The van der Waals surface area contributed by atoms with Crippen molar-refractivity contribution in [2.24, 2.45) is 0 Å². The minimum atomic E-state index is -0.287. The standard InChI is InChI=1S/C19H16N2O3/c22-17(15-7-2-1-3-8-15)14-21-11-5-4-9-16(21)13-20-19(23)18-10-6-12-24-18/h1-12H,13-14H2/p+1. The van der Waals surface area contributed by atoms with Crippen molar-refractivity contribution in [1.82, 2.24) is 5.32 Å². The SMILES string of the molecule is O=C(C[n+]1ccccc1CNC(=O)c1ccco1)c1ccccc1. The molecule has 5 heteroatoms. The number of hydrogen-bond acceptors (Lipinski definition) is 3. The summed E-state index contributed by atoms with van der Waals surface area (Å²) < 4.78 is 6.89. The van der Waals surface area contributed by atoms with Crippen LogP contribution in [0.15, 0.2) is 77.5 Å². The van der Waals surface area contributed by atoms with Crippen LogP contribution in [-0.2, 0) is 13.1 Å². The number of carbonyl (C=O) groups is 2. The number of aromatic nitrogens is 1. The number of furan rings is 1. The van der Waals surface area contributed by atoms with Crippen LogP contribution in [0.2, 0.25) is 0 Å². The number of carbonyl (C=O) groups excluding carboxylic acids is 2. The predicted molar refractivity (Wildman–Crippen MR) is 87.3 cm³/mol. The Labute approximate surface area is 139 Å². The van der Waals surface area contributed by atoms with Gasteiger partial charge < -0.3 is 9.73 Å². The highest BCUT2D eigenvalue weighted by Crippen LogP contribution is 2.02. The van der Waals surface area contributed by atoms with Gasteiger partial charge >= 0.3 is 0 Å². The maximum atomic E-state index is 12.4. The Balaban J connectivity index is 1.69. The fourth-order valence-electron chi connectivity index (χ4n) is 2.36. The molecule has 0 radical (unpaired) electrons. The summed E-state index contributed by atoms with van der Waals surface area (Å²) in [6.07, 6.45) is 3.28. The van der Waals surface area contributed by atoms with E-state index >= 15 is 0 Å². The van der Waals surface area contributed by atoms with E-state index in [4.69, 9.17) is 4.42 Å². The van der Waals surface area contributed by atoms with Crippen LogP contribution in [0.25, 0.3) is 0 Å². The Kier molecular flexibility index (Phi) is 4.81. The second kappa shape index (κ2) is 7.37. The molecule has 0 saturated heterocycles. The van der Waals surface area contributed by atoms with Gasteiger partial charge in [-0.05, 0) is 12.1 Å². The molecule has 0 aliphatic heterocycles. The van der Waals surface area contributed by atoms with E-state index in [1.807, 2.05) is 47.2 Å². The van der Waals surface area contributed by atoms with E-state index < -0.39 is 0 Å². The van der Waals surface area contributed by atoms with Gasteiger partial charge in [0, 0.05) is 17.7 Å². The molecule has 3 rings (SSSR count). The van der Waals surface area contributed by atoms with Crippen molar-refractivity contribution < 1.29 is 18.6 Å². The van der Waals surface area contributed by atoms with Gasteiger partial charge in [0.25, 0.3) is 5.91 Å². The fraction of sp³-hybridized carbons (Fsp3) is 0.105. The van der Waals surface area contributed by atoms with E-state index in [0.717, 1.165) is 5.69 Å². The Morgan fingerprint density at radius 1 is 0.958 bits per heavy atom. The van der Waals surface area contributed by atoms with Gasteiger partial charge in [-0.3, -0.25) is 9.59 Å². The number of benzene rings is 1. The smallest absolute Gasteiger partial charge is 0.287 e. The molecule has 2 aromatic heterocycles. The molecule has 0 spiro atoms. The molecule has 1 amide bonds. The molecule has 120 valence electrons. The minimum Gasteiger partial charge on any atom is -0.459 e. The van der Waals surface area contributed by atoms with Gasteiger partial charge in [-0.2, -0.15) is 4.57 Å². The molecular weight excluding hydrogens is 304 g/mol. The maximum absolute atomic E-state index is 12.4. The lowest BCUT2D eigenvalue weighted by molar-refractivity contribution is -0.690. The second-order valence-electron chi connectivity index (χ2n) is 5.27. The van der Waals surface area contributed by atoms with E-state index in [1.54, 1.807) is 24.3 Å². The topological polar surface area (TPSA) is 63.2 Å². The van der Waals surface area contributed by atoms with Crippen LogP contribution < -0.4 is 9.88 Å². The summed E-state index contributed by atoms with van der Waals surface area (Å²) in [4.78, 5) is 24.3. The van der Waals surface area contributed by atoms with E-state index in [-0.39, 0.29) is 24.0 Å². The highest BCUT2D eigenvalue weighted by molar-refractivity contribution is 5.95. The third-order valence-corrected chi connectivity index (χ3v) is 3.62. The number of ketones is 1. The number of Topliss-reactive ketones (excluding diaryl/α,β-unsaturated/α-hetero) is 1. The Hall–Kier alpha value is -3.21. The molecule has 0 saturated carbocycles. The van der Waals surface area contributed by atoms with Crippen molar-refractivity contribution in [2.45, 2.75) is 13.1 Å². The normalized spacial score (nSPS) is 10.3. The monoisotopic (exact) mass is 321 g/mol. The molecule has 24 heavy (non-hydrogen) atoms. The number of nitrogens with zero attached hydrogens (tertiary/aromatic N) is 1. The van der Waals surface area contributed by atoms with Crippen molar-refractivity contribution in [3.8, 4) is 0 Å². The molecule has 0 fully saturated rings. The molecule has 0 atom stereocenters. The summed E-state index contributed by atoms with van der Waals surface area (Å²) in [6, 6.07) is 18.0. The van der Waals surface area contributed by atoms with E-state index in [0.29, 0.717) is 12.1 Å². The zero-order valence-electron chi connectivity index (χ0n) is 13.0. The zero-order chi connectivity index (χ0) is 16.8. The number of nitrogens with one attached hydrogen (secondary N) is 1. The first-order valence-electron chi connectivity index (χ1n) is 7.61. The molecule has 0 aliphatic rings. The van der Waals surface area contributed by atoms with Crippen LogP contribution in [0, 0.1) is 0 Å². The number of hydrogen-bond donors (Lipinski definition) is 1. The predicted octanol–water partition coefficient (Wildman–Crippen LogP) is 2.38. The van der Waals surface area contributed by atoms with Crippen molar-refractivity contribution in [3.63, 3.8) is 0 Å². The molecule has 0 bridgehead atoms. The van der Waals surface area contributed by atoms with Crippen LogP contribution in [0.4, 0.5) is 0 Å². The van der Waals surface area contributed by atoms with Crippen molar-refractivity contribution in [2.75, 3.05) is 0 Å². The highest BCUT2D eigenvalue weighted by atomic mass is 16.3. The quantitative estimate of drug-likeness (QED) is 0.560. The van der Waals surface area contributed by atoms with Gasteiger partial charge in [0.2, 0.25) is 18.0 Å². The molecule has 1 N–H and O–H groups in total. The van der Waals surface area contributed by atoms with E-state index in [2.05, 4.69) is 5.32 Å². The van der Waals surface area contributed by atoms with Gasteiger partial charge in [0.15, 0.2) is 12.0 Å². The molecule has 2 heterocycles. The van der Waals surface area contributed by atoms with Crippen LogP contribution >= 0.6 is 0 Å². The van der Waals surface area contributed by atoms with Crippen LogP contribution in [0.3, 0.4) is 0 Å². The lowest BCUT2D eigenvalue weighted by atomic mass is 10.1. The Morgan fingerprint density at radius 2 is 1.75 bits per heavy atom. The molecule has 1 aromatic carbocycles. The van der Waals surface area contributed by atoms with Crippen LogP contribution in [0.5, 0.6) is 0 Å². The summed E-state index contributed by atoms with van der Waals surface area (Å²) >= 11 is 0. The van der Waals surface area contributed by atoms with Gasteiger partial charge in [0.05, 0.1) is 6.26 Å².